The molecule has 0 bridgehead atoms. The molecule has 2 atom stereocenters. The van der Waals surface area contributed by atoms with E-state index in [-0.39, 0.29) is 7.92 Å². The number of rotatable bonds is 11. The zero-order valence-electron chi connectivity index (χ0n) is 22.3. The van der Waals surface area contributed by atoms with Crippen LogP contribution in [-0.4, -0.2) is 11.3 Å². The molecule has 0 N–H and O–H groups in total. The Kier molecular flexibility index (Phi) is 9.92. The number of hydrogen-bond donors (Lipinski definition) is 0. The maximum absolute atomic E-state index is 2.47. The van der Waals surface area contributed by atoms with E-state index in [4.69, 9.17) is 0 Å². The molecule has 4 aromatic rings. The lowest BCUT2D eigenvalue weighted by Gasteiger charge is -2.30. The SMILES string of the molecule is CCC(C)P(Cc1ccccc1-c1ccccc1CP(c1ccccc1)c1ccccc1)C(C)CC. The summed E-state index contributed by atoms with van der Waals surface area (Å²) in [7, 11) is -0.543. The first-order valence-corrected chi connectivity index (χ1v) is 16.6. The van der Waals surface area contributed by atoms with Gasteiger partial charge in [-0.1, -0.05) is 145 Å². The van der Waals surface area contributed by atoms with E-state index in [1.807, 2.05) is 0 Å². The predicted octanol–water partition coefficient (Wildman–Crippen LogP) is 9.57. The van der Waals surface area contributed by atoms with Crippen LogP contribution in [0.15, 0.2) is 109 Å². The Morgan fingerprint density at radius 3 is 1.33 bits per heavy atom. The molecule has 0 radical (unpaired) electrons. The predicted molar refractivity (Wildman–Crippen MR) is 165 cm³/mol. The molecule has 0 aliphatic carbocycles. The fraction of sp³-hybridized carbons (Fsp3) is 0.294. The van der Waals surface area contributed by atoms with E-state index >= 15 is 0 Å². The van der Waals surface area contributed by atoms with Crippen LogP contribution in [-0.2, 0) is 12.3 Å². The normalized spacial score (nSPS) is 13.9. The van der Waals surface area contributed by atoms with E-state index in [0.29, 0.717) is 0 Å². The summed E-state index contributed by atoms with van der Waals surface area (Å²) < 4.78 is 0. The van der Waals surface area contributed by atoms with Crippen LogP contribution in [0.5, 0.6) is 0 Å². The third-order valence-corrected chi connectivity index (χ3v) is 13.7. The summed E-state index contributed by atoms with van der Waals surface area (Å²) in [6, 6.07) is 40.6. The van der Waals surface area contributed by atoms with Crippen LogP contribution in [0, 0.1) is 0 Å². The van der Waals surface area contributed by atoms with Crippen molar-refractivity contribution in [3.8, 4) is 11.1 Å². The molecule has 0 fully saturated rings. The van der Waals surface area contributed by atoms with Crippen LogP contribution in [0.1, 0.15) is 51.7 Å². The third kappa shape index (κ3) is 6.54. The molecule has 0 amide bonds. The highest BCUT2D eigenvalue weighted by atomic mass is 31.1. The van der Waals surface area contributed by atoms with E-state index in [1.165, 1.54) is 51.9 Å². The Morgan fingerprint density at radius 1 is 0.500 bits per heavy atom. The van der Waals surface area contributed by atoms with Gasteiger partial charge in [0.25, 0.3) is 0 Å². The van der Waals surface area contributed by atoms with Crippen molar-refractivity contribution in [2.75, 3.05) is 0 Å². The van der Waals surface area contributed by atoms with Crippen molar-refractivity contribution in [3.05, 3.63) is 120 Å². The van der Waals surface area contributed by atoms with Gasteiger partial charge in [0.15, 0.2) is 0 Å². The van der Waals surface area contributed by atoms with Crippen LogP contribution in [0.3, 0.4) is 0 Å². The van der Waals surface area contributed by atoms with Gasteiger partial charge in [-0.05, 0) is 71.1 Å². The Balaban J connectivity index is 1.73. The highest BCUT2D eigenvalue weighted by Gasteiger charge is 2.23. The molecule has 4 aromatic carbocycles. The Labute approximate surface area is 221 Å². The second kappa shape index (κ2) is 13.3. The van der Waals surface area contributed by atoms with Crippen molar-refractivity contribution < 1.29 is 0 Å². The van der Waals surface area contributed by atoms with Crippen molar-refractivity contribution in [1.82, 2.24) is 0 Å². The smallest absolute Gasteiger partial charge is 0.00136 e. The van der Waals surface area contributed by atoms with Gasteiger partial charge in [-0.3, -0.25) is 0 Å². The minimum atomic E-state index is -0.482. The second-order valence-corrected chi connectivity index (χ2v) is 15.1. The average molecular weight is 511 g/mol. The summed E-state index contributed by atoms with van der Waals surface area (Å²) in [5.74, 6) is 0. The molecule has 0 saturated carbocycles. The van der Waals surface area contributed by atoms with Crippen molar-refractivity contribution in [3.63, 3.8) is 0 Å². The number of hydrogen-bond acceptors (Lipinski definition) is 0. The highest BCUT2D eigenvalue weighted by Crippen LogP contribution is 2.53. The van der Waals surface area contributed by atoms with Gasteiger partial charge in [-0.25, -0.2) is 0 Å². The van der Waals surface area contributed by atoms with Gasteiger partial charge in [0.2, 0.25) is 0 Å². The van der Waals surface area contributed by atoms with E-state index < -0.39 is 7.92 Å². The summed E-state index contributed by atoms with van der Waals surface area (Å²) >= 11 is 0. The minimum absolute atomic E-state index is 0.0607. The fourth-order valence-corrected chi connectivity index (χ4v) is 10.4. The lowest BCUT2D eigenvalue weighted by atomic mass is 9.97. The largest absolute Gasteiger partial charge is 0.0964 e. The first-order valence-electron chi connectivity index (χ1n) is 13.4. The first-order chi connectivity index (χ1) is 17.6. The summed E-state index contributed by atoms with van der Waals surface area (Å²) in [6.07, 6.45) is 4.82. The average Bonchev–Trinajstić information content (AvgIpc) is 2.95. The van der Waals surface area contributed by atoms with Gasteiger partial charge in [-0.2, -0.15) is 0 Å². The van der Waals surface area contributed by atoms with Crippen molar-refractivity contribution >= 4 is 26.5 Å². The van der Waals surface area contributed by atoms with Gasteiger partial charge in [0.1, 0.15) is 0 Å². The summed E-state index contributed by atoms with van der Waals surface area (Å²) in [4.78, 5) is 0. The second-order valence-electron chi connectivity index (χ2n) is 9.76. The molecule has 36 heavy (non-hydrogen) atoms. The quantitative estimate of drug-likeness (QED) is 0.176. The van der Waals surface area contributed by atoms with Crippen LogP contribution >= 0.6 is 15.8 Å². The molecule has 0 aliphatic rings. The summed E-state index contributed by atoms with van der Waals surface area (Å²) in [6.45, 7) is 9.67. The Bertz CT molecular complexity index is 1150. The van der Waals surface area contributed by atoms with Crippen LogP contribution in [0.2, 0.25) is 0 Å². The maximum atomic E-state index is 2.47. The monoisotopic (exact) mass is 510 g/mol. The maximum Gasteiger partial charge on any atom is 0.00136 e. The molecular formula is C34H40P2. The fourth-order valence-electron chi connectivity index (χ4n) is 4.97. The van der Waals surface area contributed by atoms with Crippen LogP contribution in [0.4, 0.5) is 0 Å². The third-order valence-electron chi connectivity index (χ3n) is 7.46. The Morgan fingerprint density at radius 2 is 0.889 bits per heavy atom. The van der Waals surface area contributed by atoms with Crippen molar-refractivity contribution in [2.24, 2.45) is 0 Å². The van der Waals surface area contributed by atoms with Crippen LogP contribution < -0.4 is 10.6 Å². The molecule has 0 aliphatic heterocycles. The Hall–Kier alpha value is -2.26. The lowest BCUT2D eigenvalue weighted by molar-refractivity contribution is 0.828. The standard InChI is InChI=1S/C34H40P2/c1-5-27(3)35(28(4)6-2)25-29-17-13-15-23-33(29)34-24-16-14-18-30(34)26-36(31-19-9-7-10-20-31)32-21-11-8-12-22-32/h7-24,27-28H,5-6,25-26H2,1-4H3. The molecule has 0 aromatic heterocycles. The molecule has 4 rings (SSSR count). The molecule has 0 nitrogen and oxygen atoms in total. The number of benzene rings is 4. The highest BCUT2D eigenvalue weighted by molar-refractivity contribution is 7.72. The van der Waals surface area contributed by atoms with E-state index in [9.17, 15) is 0 Å². The summed E-state index contributed by atoms with van der Waals surface area (Å²) in [5, 5.41) is 2.89. The van der Waals surface area contributed by atoms with Gasteiger partial charge in [0, 0.05) is 6.16 Å². The molecule has 186 valence electrons. The summed E-state index contributed by atoms with van der Waals surface area (Å²) in [5.41, 5.74) is 7.42. The lowest BCUT2D eigenvalue weighted by Crippen LogP contribution is -2.13. The van der Waals surface area contributed by atoms with Gasteiger partial charge >= 0.3 is 0 Å². The topological polar surface area (TPSA) is 0 Å². The first kappa shape index (κ1) is 26.8. The zero-order valence-corrected chi connectivity index (χ0v) is 24.1. The van der Waals surface area contributed by atoms with Crippen molar-refractivity contribution in [1.29, 1.82) is 0 Å². The molecule has 2 unspecified atom stereocenters. The zero-order chi connectivity index (χ0) is 25.3. The van der Waals surface area contributed by atoms with E-state index in [2.05, 4.69) is 137 Å². The van der Waals surface area contributed by atoms with Gasteiger partial charge in [0.05, 0.1) is 0 Å². The van der Waals surface area contributed by atoms with Crippen molar-refractivity contribution in [2.45, 2.75) is 64.2 Å². The van der Waals surface area contributed by atoms with Gasteiger partial charge < -0.3 is 0 Å². The minimum Gasteiger partial charge on any atom is -0.0964 e. The van der Waals surface area contributed by atoms with E-state index in [1.54, 1.807) is 0 Å². The van der Waals surface area contributed by atoms with E-state index in [0.717, 1.165) is 17.5 Å². The molecule has 0 heterocycles. The molecule has 0 saturated heterocycles. The van der Waals surface area contributed by atoms with Crippen LogP contribution in [0.25, 0.3) is 11.1 Å². The molecule has 0 spiro atoms. The molecular weight excluding hydrogens is 470 g/mol. The molecule has 2 heteroatoms. The van der Waals surface area contributed by atoms with Gasteiger partial charge in [-0.15, -0.1) is 0 Å².